The van der Waals surface area contributed by atoms with Crippen LogP contribution in [0.5, 0.6) is 0 Å². The smallest absolute Gasteiger partial charge is 0.142 e. The second-order valence-corrected chi connectivity index (χ2v) is 1.43. The Balaban J connectivity index is 3.46. The topological polar surface area (TPSA) is 17.1 Å². The minimum Gasteiger partial charge on any atom is -0.299 e. The quantitative estimate of drug-likeness (QED) is 0.304. The first-order valence-electron chi connectivity index (χ1n) is 1.73. The van der Waals surface area contributed by atoms with Crippen LogP contribution in [-0.2, 0) is 4.79 Å². The maximum absolute atomic E-state index is 9.52. The lowest BCUT2D eigenvalue weighted by Gasteiger charge is -1.72. The Morgan fingerprint density at radius 2 is 2.29 bits per heavy atom. The van der Waals surface area contributed by atoms with Gasteiger partial charge in [0.15, 0.2) is 0 Å². The van der Waals surface area contributed by atoms with E-state index in [-0.39, 0.29) is 0 Å². The van der Waals surface area contributed by atoms with Crippen molar-refractivity contribution < 1.29 is 4.79 Å². The van der Waals surface area contributed by atoms with E-state index in [9.17, 15) is 4.79 Å². The minimum atomic E-state index is 0.368. The van der Waals surface area contributed by atoms with E-state index in [2.05, 4.69) is 6.58 Å². The third-order valence-corrected chi connectivity index (χ3v) is 0.482. The molecule has 0 fully saturated rings. The fourth-order valence-electron chi connectivity index (χ4n) is 0.144. The molecule has 0 atom stereocenters. The van der Waals surface area contributed by atoms with E-state index in [0.29, 0.717) is 11.3 Å². The Kier molecular flexibility index (Phi) is 3.33. The molecule has 0 bridgehead atoms. The highest BCUT2D eigenvalue weighted by atomic mass is 35.5. The molecule has 38 valence electrons. The zero-order chi connectivity index (χ0) is 5.70. The van der Waals surface area contributed by atoms with Gasteiger partial charge in [0.25, 0.3) is 0 Å². The van der Waals surface area contributed by atoms with Crippen molar-refractivity contribution in [2.24, 2.45) is 0 Å². The summed E-state index contributed by atoms with van der Waals surface area (Å²) in [6.07, 6.45) is 3.36. The molecule has 0 spiro atoms. The standard InChI is InChI=1S/C5H5ClO/c1-5(6)3-2-4-7/h2-4H,1H2. The summed E-state index contributed by atoms with van der Waals surface area (Å²) >= 11 is 5.22. The number of halogens is 1. The van der Waals surface area contributed by atoms with E-state index in [1.807, 2.05) is 0 Å². The van der Waals surface area contributed by atoms with Crippen LogP contribution >= 0.6 is 11.6 Å². The predicted octanol–water partition coefficient (Wildman–Crippen LogP) is 1.49. The highest BCUT2D eigenvalue weighted by Gasteiger charge is 1.70. The molecule has 0 aliphatic carbocycles. The van der Waals surface area contributed by atoms with Crippen molar-refractivity contribution in [1.29, 1.82) is 0 Å². The number of aldehydes is 1. The highest BCUT2D eigenvalue weighted by Crippen LogP contribution is 1.95. The SMILES string of the molecule is C=C(Cl)C=CC=O. The van der Waals surface area contributed by atoms with Gasteiger partial charge in [-0.25, -0.2) is 0 Å². The lowest BCUT2D eigenvalue weighted by molar-refractivity contribution is -0.104. The Bertz CT molecular complexity index is 105. The molecule has 0 aromatic carbocycles. The van der Waals surface area contributed by atoms with Gasteiger partial charge in [-0.15, -0.1) is 0 Å². The van der Waals surface area contributed by atoms with Crippen LogP contribution < -0.4 is 0 Å². The fourth-order valence-corrected chi connectivity index (χ4v) is 0.216. The van der Waals surface area contributed by atoms with Crippen molar-refractivity contribution in [3.63, 3.8) is 0 Å². The summed E-state index contributed by atoms with van der Waals surface area (Å²) in [5, 5.41) is 0.368. The summed E-state index contributed by atoms with van der Waals surface area (Å²) in [4.78, 5) is 9.52. The Morgan fingerprint density at radius 1 is 1.71 bits per heavy atom. The van der Waals surface area contributed by atoms with Gasteiger partial charge in [-0.1, -0.05) is 18.2 Å². The lowest BCUT2D eigenvalue weighted by Crippen LogP contribution is -1.58. The molecule has 1 nitrogen and oxygen atoms in total. The number of rotatable bonds is 2. The first-order chi connectivity index (χ1) is 3.27. The van der Waals surface area contributed by atoms with Crippen molar-refractivity contribution in [2.45, 2.75) is 0 Å². The van der Waals surface area contributed by atoms with Crippen LogP contribution in [0.25, 0.3) is 0 Å². The first kappa shape index (κ1) is 6.44. The first-order valence-corrected chi connectivity index (χ1v) is 2.11. The van der Waals surface area contributed by atoms with Crippen molar-refractivity contribution in [2.75, 3.05) is 0 Å². The molecule has 0 N–H and O–H groups in total. The number of carbonyl (C=O) groups excluding carboxylic acids is 1. The van der Waals surface area contributed by atoms with Gasteiger partial charge < -0.3 is 0 Å². The zero-order valence-electron chi connectivity index (χ0n) is 3.73. The van der Waals surface area contributed by atoms with Crippen LogP contribution in [0.15, 0.2) is 23.8 Å². The molecule has 0 saturated heterocycles. The summed E-state index contributed by atoms with van der Waals surface area (Å²) in [5.74, 6) is 0. The van der Waals surface area contributed by atoms with E-state index in [1.54, 1.807) is 0 Å². The summed E-state index contributed by atoms with van der Waals surface area (Å²) in [6, 6.07) is 0. The maximum atomic E-state index is 9.52. The van der Waals surface area contributed by atoms with E-state index in [1.165, 1.54) is 12.2 Å². The lowest BCUT2D eigenvalue weighted by atomic mass is 10.5. The molecule has 2 heteroatoms. The minimum absolute atomic E-state index is 0.368. The molecule has 0 aromatic rings. The van der Waals surface area contributed by atoms with Crippen LogP contribution in [0.3, 0.4) is 0 Å². The number of hydrogen-bond donors (Lipinski definition) is 0. The molecule has 0 unspecified atom stereocenters. The van der Waals surface area contributed by atoms with Crippen LogP contribution in [-0.4, -0.2) is 6.29 Å². The van der Waals surface area contributed by atoms with E-state index >= 15 is 0 Å². The van der Waals surface area contributed by atoms with Crippen LogP contribution in [0, 0.1) is 0 Å². The van der Waals surface area contributed by atoms with Crippen molar-refractivity contribution >= 4 is 17.9 Å². The Labute approximate surface area is 47.3 Å². The highest BCUT2D eigenvalue weighted by molar-refractivity contribution is 6.30. The molecule has 0 amide bonds. The third-order valence-electron chi connectivity index (χ3n) is 0.356. The van der Waals surface area contributed by atoms with E-state index in [4.69, 9.17) is 11.6 Å². The fraction of sp³-hybridized carbons (Fsp3) is 0. The van der Waals surface area contributed by atoms with E-state index < -0.39 is 0 Å². The predicted molar refractivity (Wildman–Crippen MR) is 30.2 cm³/mol. The number of carbonyl (C=O) groups is 1. The van der Waals surface area contributed by atoms with Crippen LogP contribution in [0.1, 0.15) is 0 Å². The molecule has 0 saturated carbocycles. The number of allylic oxidation sites excluding steroid dienone is 3. The Morgan fingerprint density at radius 3 is 2.43 bits per heavy atom. The van der Waals surface area contributed by atoms with Crippen molar-refractivity contribution in [3.05, 3.63) is 23.8 Å². The molecule has 7 heavy (non-hydrogen) atoms. The van der Waals surface area contributed by atoms with Gasteiger partial charge in [0.05, 0.1) is 0 Å². The van der Waals surface area contributed by atoms with Gasteiger partial charge in [0.1, 0.15) is 6.29 Å². The van der Waals surface area contributed by atoms with Gasteiger partial charge >= 0.3 is 0 Å². The molecular weight excluding hydrogens is 112 g/mol. The summed E-state index contributed by atoms with van der Waals surface area (Å²) in [7, 11) is 0. The Hall–Kier alpha value is -0.560. The van der Waals surface area contributed by atoms with Gasteiger partial charge in [-0.3, -0.25) is 4.79 Å². The number of hydrogen-bond acceptors (Lipinski definition) is 1. The van der Waals surface area contributed by atoms with Gasteiger partial charge in [0.2, 0.25) is 0 Å². The maximum Gasteiger partial charge on any atom is 0.142 e. The normalized spacial score (nSPS) is 9.29. The molecule has 0 aliphatic heterocycles. The van der Waals surface area contributed by atoms with Gasteiger partial charge in [-0.05, 0) is 12.2 Å². The summed E-state index contributed by atoms with van der Waals surface area (Å²) in [6.45, 7) is 3.31. The zero-order valence-corrected chi connectivity index (χ0v) is 4.48. The molecular formula is C5H5ClO. The van der Waals surface area contributed by atoms with Crippen LogP contribution in [0.2, 0.25) is 0 Å². The molecule has 0 aliphatic rings. The average molecular weight is 117 g/mol. The summed E-state index contributed by atoms with van der Waals surface area (Å²) in [5.41, 5.74) is 0. The van der Waals surface area contributed by atoms with E-state index in [0.717, 1.165) is 0 Å². The molecule has 0 rings (SSSR count). The average Bonchev–Trinajstić information content (AvgIpc) is 1.61. The largest absolute Gasteiger partial charge is 0.299 e. The van der Waals surface area contributed by atoms with Crippen molar-refractivity contribution in [1.82, 2.24) is 0 Å². The second-order valence-electron chi connectivity index (χ2n) is 0.942. The van der Waals surface area contributed by atoms with Gasteiger partial charge in [-0.2, -0.15) is 0 Å². The van der Waals surface area contributed by atoms with Gasteiger partial charge in [0, 0.05) is 5.03 Å². The van der Waals surface area contributed by atoms with Crippen LogP contribution in [0.4, 0.5) is 0 Å². The molecule has 0 aromatic heterocycles. The molecule has 0 radical (unpaired) electrons. The third kappa shape index (κ3) is 5.44. The monoisotopic (exact) mass is 116 g/mol. The molecule has 0 heterocycles. The summed E-state index contributed by atoms with van der Waals surface area (Å²) < 4.78 is 0. The second kappa shape index (κ2) is 3.62. The van der Waals surface area contributed by atoms with Crippen molar-refractivity contribution in [3.8, 4) is 0 Å².